The van der Waals surface area contributed by atoms with Crippen LogP contribution in [0.4, 0.5) is 34.1 Å². The van der Waals surface area contributed by atoms with Gasteiger partial charge >= 0.3 is 0 Å². The van der Waals surface area contributed by atoms with E-state index in [2.05, 4.69) is 248 Å². The molecule has 2 aliphatic heterocycles. The van der Waals surface area contributed by atoms with Crippen molar-refractivity contribution >= 4 is 57.2 Å². The van der Waals surface area contributed by atoms with Gasteiger partial charge in [0.25, 0.3) is 6.71 Å². The van der Waals surface area contributed by atoms with E-state index in [1.54, 1.807) is 0 Å². The molecule has 3 aliphatic carbocycles. The van der Waals surface area contributed by atoms with E-state index in [0.29, 0.717) is 0 Å². The number of anilines is 6. The summed E-state index contributed by atoms with van der Waals surface area (Å²) >= 11 is 0. The summed E-state index contributed by atoms with van der Waals surface area (Å²) < 4.78 is 0. The molecular formula is C70H79BN2. The smallest absolute Gasteiger partial charge is 0.252 e. The number of hydrogen-bond donors (Lipinski definition) is 0. The number of hydrogen-bond acceptors (Lipinski definition) is 2. The van der Waals surface area contributed by atoms with Gasteiger partial charge in [-0.1, -0.05) is 189 Å². The summed E-state index contributed by atoms with van der Waals surface area (Å²) in [4.78, 5) is 5.52. The predicted molar refractivity (Wildman–Crippen MR) is 316 cm³/mol. The highest BCUT2D eigenvalue weighted by Crippen LogP contribution is 2.57. The molecule has 0 N–H and O–H groups in total. The van der Waals surface area contributed by atoms with Gasteiger partial charge in [0.15, 0.2) is 0 Å². The maximum Gasteiger partial charge on any atom is 0.252 e. The highest BCUT2D eigenvalue weighted by molar-refractivity contribution is 7.00. The molecule has 0 radical (unpaired) electrons. The van der Waals surface area contributed by atoms with E-state index >= 15 is 0 Å². The molecule has 372 valence electrons. The van der Waals surface area contributed by atoms with Crippen LogP contribution in [-0.2, 0) is 37.9 Å². The van der Waals surface area contributed by atoms with Crippen LogP contribution in [0, 0.1) is 6.92 Å². The quantitative estimate of drug-likeness (QED) is 0.162. The topological polar surface area (TPSA) is 6.48 Å². The van der Waals surface area contributed by atoms with Gasteiger partial charge in [0.1, 0.15) is 0 Å². The SMILES string of the molecule is Cc1cc2c(cc1N1c3cc4c(cc3B3c5cc6c(cc5N(c5ccc(-c7ccccc7)cc5-c5ccccc5)c5cc(C(C)(C)C)cc1c53)C(C)(C)CCC6(C)C)C(C)(C)CCC4(C)C)C(C)(C)CC2(C)C. The number of nitrogens with zero attached hydrogens (tertiary/aromatic N) is 2. The minimum Gasteiger partial charge on any atom is -0.311 e. The molecule has 0 aromatic heterocycles. The minimum atomic E-state index is -0.138. The van der Waals surface area contributed by atoms with E-state index < -0.39 is 0 Å². The monoisotopic (exact) mass is 959 g/mol. The van der Waals surface area contributed by atoms with Crippen LogP contribution in [0.1, 0.15) is 180 Å². The molecule has 0 fully saturated rings. The first-order valence-corrected chi connectivity index (χ1v) is 27.8. The summed E-state index contributed by atoms with van der Waals surface area (Å²) in [7, 11) is 0. The molecule has 0 amide bonds. The third kappa shape index (κ3) is 7.31. The van der Waals surface area contributed by atoms with Gasteiger partial charge in [-0.25, -0.2) is 0 Å². The van der Waals surface area contributed by atoms with Gasteiger partial charge in [0.2, 0.25) is 0 Å². The van der Waals surface area contributed by atoms with Crippen molar-refractivity contribution in [3.63, 3.8) is 0 Å². The molecule has 2 nitrogen and oxygen atoms in total. The predicted octanol–water partition coefficient (Wildman–Crippen LogP) is 17.4. The molecule has 7 aromatic rings. The van der Waals surface area contributed by atoms with E-state index in [-0.39, 0.29) is 44.6 Å². The molecule has 0 bridgehead atoms. The summed E-state index contributed by atoms with van der Waals surface area (Å²) in [6.45, 7) is 39.6. The van der Waals surface area contributed by atoms with E-state index in [1.165, 1.54) is 137 Å². The summed E-state index contributed by atoms with van der Waals surface area (Å²) in [6.07, 6.45) is 5.82. The maximum atomic E-state index is 2.78. The summed E-state index contributed by atoms with van der Waals surface area (Å²) in [6, 6.07) is 50.7. The van der Waals surface area contributed by atoms with Crippen LogP contribution in [-0.4, -0.2) is 6.71 Å². The lowest BCUT2D eigenvalue weighted by molar-refractivity contribution is 0.332. The van der Waals surface area contributed by atoms with Crippen molar-refractivity contribution in [2.75, 3.05) is 9.80 Å². The zero-order valence-electron chi connectivity index (χ0n) is 47.1. The Morgan fingerprint density at radius 3 is 1.27 bits per heavy atom. The fraction of sp³-hybridized carbons (Fsp3) is 0.400. The molecule has 0 unspecified atom stereocenters. The molecule has 0 saturated heterocycles. The van der Waals surface area contributed by atoms with Crippen LogP contribution in [0.25, 0.3) is 22.3 Å². The van der Waals surface area contributed by atoms with Crippen molar-refractivity contribution < 1.29 is 0 Å². The van der Waals surface area contributed by atoms with Crippen molar-refractivity contribution in [2.24, 2.45) is 0 Å². The van der Waals surface area contributed by atoms with Crippen LogP contribution in [0.5, 0.6) is 0 Å². The van der Waals surface area contributed by atoms with Gasteiger partial charge < -0.3 is 9.80 Å². The minimum absolute atomic E-state index is 0.0164. The molecule has 0 saturated carbocycles. The Labute approximate surface area is 439 Å². The molecule has 5 aliphatic rings. The van der Waals surface area contributed by atoms with Gasteiger partial charge in [-0.2, -0.15) is 0 Å². The van der Waals surface area contributed by atoms with Crippen molar-refractivity contribution in [2.45, 2.75) is 181 Å². The van der Waals surface area contributed by atoms with Crippen LogP contribution in [0.3, 0.4) is 0 Å². The molecule has 12 rings (SSSR count). The number of fused-ring (bicyclic) bond motifs is 7. The maximum absolute atomic E-state index is 2.78. The summed E-state index contributed by atoms with van der Waals surface area (Å²) in [5, 5.41) is 0. The first-order valence-electron chi connectivity index (χ1n) is 27.8. The van der Waals surface area contributed by atoms with Crippen molar-refractivity contribution in [1.29, 1.82) is 0 Å². The lowest BCUT2D eigenvalue weighted by Crippen LogP contribution is -2.62. The molecule has 73 heavy (non-hydrogen) atoms. The third-order valence-electron chi connectivity index (χ3n) is 19.2. The number of benzene rings is 7. The molecule has 3 heteroatoms. The Morgan fingerprint density at radius 2 is 0.795 bits per heavy atom. The third-order valence-corrected chi connectivity index (χ3v) is 19.2. The normalized spacial score (nSPS) is 19.8. The standard InChI is InChI=1S/C70H79BN2/c1-43-33-49-54(70(15,16)42-69(49,13)14)39-58(43)73-60-41-53-51(66(7,8)30-32-68(53,11)12)38-56(60)71-55-37-50-52(67(9,10)31-29-65(50,5)6)40-59(55)72(61-35-47(64(2,3)4)36-62(73)63(61)71)57-28-27-46(44-23-19-17-20-24-44)34-48(57)45-25-21-18-22-26-45/h17-28,33-41H,29-32,42H2,1-16H3. The zero-order valence-corrected chi connectivity index (χ0v) is 47.1. The Morgan fingerprint density at radius 1 is 0.384 bits per heavy atom. The fourth-order valence-electron chi connectivity index (χ4n) is 14.8. The molecule has 0 spiro atoms. The van der Waals surface area contributed by atoms with E-state index in [1.807, 2.05) is 0 Å². The highest BCUT2D eigenvalue weighted by Gasteiger charge is 2.50. The molecular weight excluding hydrogens is 880 g/mol. The fourth-order valence-corrected chi connectivity index (χ4v) is 14.8. The van der Waals surface area contributed by atoms with Gasteiger partial charge in [-0.15, -0.1) is 0 Å². The van der Waals surface area contributed by atoms with Crippen molar-refractivity contribution in [3.05, 3.63) is 172 Å². The van der Waals surface area contributed by atoms with Gasteiger partial charge in [-0.3, -0.25) is 0 Å². The lowest BCUT2D eigenvalue weighted by Gasteiger charge is -2.49. The van der Waals surface area contributed by atoms with Crippen molar-refractivity contribution in [1.82, 2.24) is 0 Å². The second-order valence-corrected chi connectivity index (χ2v) is 28.3. The average Bonchev–Trinajstić information content (AvgIpc) is 3.52. The lowest BCUT2D eigenvalue weighted by atomic mass is 9.32. The first kappa shape index (κ1) is 48.2. The van der Waals surface area contributed by atoms with E-state index in [9.17, 15) is 0 Å². The van der Waals surface area contributed by atoms with Gasteiger partial charge in [-0.05, 0) is 197 Å². The van der Waals surface area contributed by atoms with Crippen LogP contribution >= 0.6 is 0 Å². The molecule has 2 heterocycles. The van der Waals surface area contributed by atoms with Gasteiger partial charge in [0, 0.05) is 34.0 Å². The van der Waals surface area contributed by atoms with Crippen LogP contribution in [0.15, 0.2) is 127 Å². The first-order chi connectivity index (χ1) is 34.2. The van der Waals surface area contributed by atoms with Crippen LogP contribution < -0.4 is 26.2 Å². The van der Waals surface area contributed by atoms with E-state index in [0.717, 1.165) is 12.8 Å². The average molecular weight is 959 g/mol. The second kappa shape index (κ2) is 15.6. The molecule has 0 atom stereocenters. The highest BCUT2D eigenvalue weighted by atomic mass is 15.2. The van der Waals surface area contributed by atoms with E-state index in [4.69, 9.17) is 0 Å². The zero-order chi connectivity index (χ0) is 51.7. The van der Waals surface area contributed by atoms with Gasteiger partial charge in [0.05, 0.1) is 5.69 Å². The van der Waals surface area contributed by atoms with Crippen LogP contribution in [0.2, 0.25) is 0 Å². The Kier molecular flexibility index (Phi) is 10.3. The summed E-state index contributed by atoms with van der Waals surface area (Å²) in [5.41, 5.74) is 28.9. The Balaban J connectivity index is 1.26. The molecule has 7 aromatic carbocycles. The summed E-state index contributed by atoms with van der Waals surface area (Å²) in [5.74, 6) is 0. The number of rotatable bonds is 4. The second-order valence-electron chi connectivity index (χ2n) is 28.3. The Bertz CT molecular complexity index is 3430. The number of aryl methyl sites for hydroxylation is 1. The van der Waals surface area contributed by atoms with Crippen molar-refractivity contribution in [3.8, 4) is 22.3 Å². The largest absolute Gasteiger partial charge is 0.311 e. The Hall–Kier alpha value is -5.80.